The zero-order chi connectivity index (χ0) is 17.5. The van der Waals surface area contributed by atoms with Gasteiger partial charge in [0.25, 0.3) is 0 Å². The van der Waals surface area contributed by atoms with Gasteiger partial charge < -0.3 is 15.5 Å². The summed E-state index contributed by atoms with van der Waals surface area (Å²) in [7, 11) is 0. The number of rotatable bonds is 5. The van der Waals surface area contributed by atoms with Crippen LogP contribution in [-0.2, 0) is 6.54 Å². The Bertz CT molecular complexity index is 656. The standard InChI is InChI=1S/C20H28N4S/c1-3-21-20(22-15-17-8-6-16(2)7-9-17)23-18-10-12-24(13-11-18)19-5-4-14-25-19/h4-9,14,18H,3,10-13,15H2,1-2H3,(H2,21,22,23). The Hall–Kier alpha value is -2.01. The molecule has 1 aliphatic heterocycles. The van der Waals surface area contributed by atoms with Crippen LogP contribution in [0.2, 0.25) is 0 Å². The van der Waals surface area contributed by atoms with Crippen LogP contribution in [0, 0.1) is 6.92 Å². The monoisotopic (exact) mass is 356 g/mol. The van der Waals surface area contributed by atoms with Crippen LogP contribution in [0.25, 0.3) is 0 Å². The van der Waals surface area contributed by atoms with E-state index >= 15 is 0 Å². The first-order valence-electron chi connectivity index (χ1n) is 9.13. The Morgan fingerprint density at radius 3 is 2.60 bits per heavy atom. The maximum absolute atomic E-state index is 4.76. The summed E-state index contributed by atoms with van der Waals surface area (Å²) in [6.07, 6.45) is 2.29. The molecule has 0 aliphatic carbocycles. The Morgan fingerprint density at radius 2 is 1.96 bits per heavy atom. The minimum atomic E-state index is 0.493. The summed E-state index contributed by atoms with van der Waals surface area (Å²) in [5.41, 5.74) is 2.53. The summed E-state index contributed by atoms with van der Waals surface area (Å²) in [5, 5.41) is 10.5. The zero-order valence-electron chi connectivity index (χ0n) is 15.2. The van der Waals surface area contributed by atoms with Gasteiger partial charge in [0.1, 0.15) is 0 Å². The van der Waals surface area contributed by atoms with Gasteiger partial charge in [-0.25, -0.2) is 4.99 Å². The number of hydrogen-bond acceptors (Lipinski definition) is 3. The van der Waals surface area contributed by atoms with Crippen molar-refractivity contribution < 1.29 is 0 Å². The van der Waals surface area contributed by atoms with Gasteiger partial charge in [-0.2, -0.15) is 0 Å². The molecule has 0 saturated carbocycles. The summed E-state index contributed by atoms with van der Waals surface area (Å²) in [5.74, 6) is 0.928. The maximum atomic E-state index is 4.76. The number of thiophene rings is 1. The fourth-order valence-corrected chi connectivity index (χ4v) is 3.86. The van der Waals surface area contributed by atoms with E-state index in [4.69, 9.17) is 4.99 Å². The lowest BCUT2D eigenvalue weighted by Gasteiger charge is -2.33. The molecule has 3 rings (SSSR count). The highest BCUT2D eigenvalue weighted by molar-refractivity contribution is 7.14. The van der Waals surface area contributed by atoms with E-state index in [0.717, 1.165) is 38.4 Å². The van der Waals surface area contributed by atoms with Gasteiger partial charge in [0, 0.05) is 25.7 Å². The maximum Gasteiger partial charge on any atom is 0.191 e. The normalized spacial score (nSPS) is 16.1. The second-order valence-electron chi connectivity index (χ2n) is 6.54. The minimum Gasteiger partial charge on any atom is -0.363 e. The third kappa shape index (κ3) is 5.23. The second kappa shape index (κ2) is 8.90. The molecule has 0 unspecified atom stereocenters. The third-order valence-electron chi connectivity index (χ3n) is 4.54. The van der Waals surface area contributed by atoms with Crippen molar-refractivity contribution in [2.75, 3.05) is 24.5 Å². The van der Waals surface area contributed by atoms with Crippen molar-refractivity contribution in [3.8, 4) is 0 Å². The molecule has 5 heteroatoms. The predicted molar refractivity (Wildman–Crippen MR) is 109 cm³/mol. The van der Waals surface area contributed by atoms with Crippen LogP contribution in [-0.4, -0.2) is 31.6 Å². The number of guanidine groups is 1. The van der Waals surface area contributed by atoms with Crippen LogP contribution in [0.4, 0.5) is 5.00 Å². The number of nitrogens with one attached hydrogen (secondary N) is 2. The third-order valence-corrected chi connectivity index (χ3v) is 5.47. The Labute approximate surface area is 155 Å². The van der Waals surface area contributed by atoms with Gasteiger partial charge in [0.05, 0.1) is 11.5 Å². The molecule has 1 aliphatic rings. The molecular weight excluding hydrogens is 328 g/mol. The van der Waals surface area contributed by atoms with Gasteiger partial charge in [-0.05, 0) is 49.8 Å². The highest BCUT2D eigenvalue weighted by Crippen LogP contribution is 2.24. The molecule has 1 aromatic carbocycles. The molecule has 2 N–H and O–H groups in total. The van der Waals surface area contributed by atoms with E-state index < -0.39 is 0 Å². The molecule has 1 fully saturated rings. The van der Waals surface area contributed by atoms with E-state index in [2.05, 4.69) is 71.2 Å². The van der Waals surface area contributed by atoms with Crippen molar-refractivity contribution in [1.82, 2.24) is 10.6 Å². The quantitative estimate of drug-likeness (QED) is 0.633. The molecule has 0 bridgehead atoms. The highest BCUT2D eigenvalue weighted by Gasteiger charge is 2.20. The molecular formula is C20H28N4S. The van der Waals surface area contributed by atoms with Crippen LogP contribution in [0.15, 0.2) is 46.8 Å². The van der Waals surface area contributed by atoms with Crippen LogP contribution < -0.4 is 15.5 Å². The molecule has 2 aromatic rings. The van der Waals surface area contributed by atoms with E-state index in [1.165, 1.54) is 16.1 Å². The van der Waals surface area contributed by atoms with Gasteiger partial charge in [-0.1, -0.05) is 29.8 Å². The van der Waals surface area contributed by atoms with Crippen molar-refractivity contribution in [3.05, 3.63) is 52.9 Å². The topological polar surface area (TPSA) is 39.7 Å². The summed E-state index contributed by atoms with van der Waals surface area (Å²) >= 11 is 1.83. The molecule has 2 heterocycles. The molecule has 1 aromatic heterocycles. The lowest BCUT2D eigenvalue weighted by Crippen LogP contribution is -2.48. The molecule has 4 nitrogen and oxygen atoms in total. The number of aryl methyl sites for hydroxylation is 1. The van der Waals surface area contributed by atoms with Gasteiger partial charge in [0.2, 0.25) is 0 Å². The minimum absolute atomic E-state index is 0.493. The van der Waals surface area contributed by atoms with Crippen molar-refractivity contribution in [2.45, 2.75) is 39.3 Å². The van der Waals surface area contributed by atoms with E-state index in [9.17, 15) is 0 Å². The van der Waals surface area contributed by atoms with Crippen molar-refractivity contribution in [2.24, 2.45) is 4.99 Å². The second-order valence-corrected chi connectivity index (χ2v) is 7.46. The average Bonchev–Trinajstić information content (AvgIpc) is 3.16. The SMILES string of the molecule is CCNC(=NCc1ccc(C)cc1)NC1CCN(c2cccs2)CC1. The number of anilines is 1. The van der Waals surface area contributed by atoms with Crippen LogP contribution in [0.1, 0.15) is 30.9 Å². The van der Waals surface area contributed by atoms with Crippen LogP contribution >= 0.6 is 11.3 Å². The van der Waals surface area contributed by atoms with Crippen LogP contribution in [0.5, 0.6) is 0 Å². The van der Waals surface area contributed by atoms with E-state index in [0.29, 0.717) is 12.6 Å². The number of aliphatic imine (C=N–C) groups is 1. The molecule has 134 valence electrons. The first-order chi connectivity index (χ1) is 12.2. The Balaban J connectivity index is 1.53. The van der Waals surface area contributed by atoms with E-state index in [-0.39, 0.29) is 0 Å². The number of benzene rings is 1. The van der Waals surface area contributed by atoms with E-state index in [1.807, 2.05) is 11.3 Å². The smallest absolute Gasteiger partial charge is 0.191 e. The average molecular weight is 357 g/mol. The summed E-state index contributed by atoms with van der Waals surface area (Å²) in [4.78, 5) is 7.24. The first-order valence-corrected chi connectivity index (χ1v) is 10.0. The van der Waals surface area contributed by atoms with Crippen molar-refractivity contribution in [3.63, 3.8) is 0 Å². The van der Waals surface area contributed by atoms with Gasteiger partial charge in [0.15, 0.2) is 5.96 Å². The molecule has 25 heavy (non-hydrogen) atoms. The summed E-state index contributed by atoms with van der Waals surface area (Å²) < 4.78 is 0. The van der Waals surface area contributed by atoms with Gasteiger partial charge >= 0.3 is 0 Å². The first kappa shape index (κ1) is 17.8. The highest BCUT2D eigenvalue weighted by atomic mass is 32.1. The lowest BCUT2D eigenvalue weighted by molar-refractivity contribution is 0.463. The van der Waals surface area contributed by atoms with Crippen LogP contribution in [0.3, 0.4) is 0 Å². The molecule has 0 radical (unpaired) electrons. The molecule has 0 atom stereocenters. The number of nitrogens with zero attached hydrogens (tertiary/aromatic N) is 2. The zero-order valence-corrected chi connectivity index (χ0v) is 16.0. The summed E-state index contributed by atoms with van der Waals surface area (Å²) in [6, 6.07) is 13.4. The van der Waals surface area contributed by atoms with Crippen molar-refractivity contribution >= 4 is 22.3 Å². The Morgan fingerprint density at radius 1 is 1.20 bits per heavy atom. The summed E-state index contributed by atoms with van der Waals surface area (Å²) in [6.45, 7) is 8.03. The van der Waals surface area contributed by atoms with Gasteiger partial charge in [-0.3, -0.25) is 0 Å². The van der Waals surface area contributed by atoms with Gasteiger partial charge in [-0.15, -0.1) is 11.3 Å². The lowest BCUT2D eigenvalue weighted by atomic mass is 10.1. The number of piperidine rings is 1. The fourth-order valence-electron chi connectivity index (χ4n) is 3.07. The molecule has 0 spiro atoms. The fraction of sp³-hybridized carbons (Fsp3) is 0.450. The predicted octanol–water partition coefficient (Wildman–Crippen LogP) is 3.78. The number of hydrogen-bond donors (Lipinski definition) is 2. The van der Waals surface area contributed by atoms with Crippen molar-refractivity contribution in [1.29, 1.82) is 0 Å². The molecule has 0 amide bonds. The Kier molecular flexibility index (Phi) is 6.34. The van der Waals surface area contributed by atoms with E-state index in [1.54, 1.807) is 0 Å². The largest absolute Gasteiger partial charge is 0.363 e. The molecule has 1 saturated heterocycles.